The van der Waals surface area contributed by atoms with Crippen LogP contribution in [0.3, 0.4) is 0 Å². The summed E-state index contributed by atoms with van der Waals surface area (Å²) in [6.45, 7) is 7.11. The molecular formula is C34H46F4O3. The molecule has 4 rings (SSSR count). The summed E-state index contributed by atoms with van der Waals surface area (Å²) >= 11 is 0. The fraction of sp³-hybridized carbons (Fsp3) is 0.647. The Bertz CT molecular complexity index is 1120. The lowest BCUT2D eigenvalue weighted by atomic mass is 9.72. The lowest BCUT2D eigenvalue weighted by molar-refractivity contribution is 0.0554. The zero-order chi connectivity index (χ0) is 29.5. The van der Waals surface area contributed by atoms with E-state index in [0.717, 1.165) is 62.5 Å². The number of hydrogen-bond acceptors (Lipinski definition) is 3. The van der Waals surface area contributed by atoms with Crippen molar-refractivity contribution in [3.05, 3.63) is 52.6 Å². The quantitative estimate of drug-likeness (QED) is 0.185. The van der Waals surface area contributed by atoms with Crippen LogP contribution >= 0.6 is 0 Å². The van der Waals surface area contributed by atoms with Crippen molar-refractivity contribution in [2.75, 3.05) is 6.61 Å². The summed E-state index contributed by atoms with van der Waals surface area (Å²) in [5.74, 6) is -0.779. The summed E-state index contributed by atoms with van der Waals surface area (Å²) in [7, 11) is 0. The Kier molecular flexibility index (Phi) is 11.2. The number of unbranched alkanes of at least 4 members (excludes halogenated alkanes) is 1. The molecule has 2 aromatic rings. The molecule has 3 nitrogen and oxygen atoms in total. The van der Waals surface area contributed by atoms with Gasteiger partial charge in [-0.1, -0.05) is 57.7 Å². The number of ether oxygens (including phenoxy) is 3. The van der Waals surface area contributed by atoms with E-state index in [2.05, 4.69) is 6.92 Å². The van der Waals surface area contributed by atoms with Crippen molar-refractivity contribution in [1.82, 2.24) is 0 Å². The molecule has 2 aliphatic carbocycles. The van der Waals surface area contributed by atoms with Crippen molar-refractivity contribution < 1.29 is 31.8 Å². The van der Waals surface area contributed by atoms with Crippen molar-refractivity contribution in [1.29, 1.82) is 0 Å². The zero-order valence-corrected chi connectivity index (χ0v) is 25.0. The molecule has 0 spiro atoms. The van der Waals surface area contributed by atoms with Gasteiger partial charge < -0.3 is 14.2 Å². The highest BCUT2D eigenvalue weighted by Gasteiger charge is 2.33. The number of alkyl halides is 2. The molecule has 0 amide bonds. The highest BCUT2D eigenvalue weighted by atomic mass is 19.2. The van der Waals surface area contributed by atoms with E-state index in [1.807, 2.05) is 19.1 Å². The van der Waals surface area contributed by atoms with Gasteiger partial charge in [0.15, 0.2) is 23.1 Å². The maximum absolute atomic E-state index is 15.0. The summed E-state index contributed by atoms with van der Waals surface area (Å²) in [6, 6.07) is 7.22. The summed E-state index contributed by atoms with van der Waals surface area (Å²) in [5.41, 5.74) is 2.10. The Morgan fingerprint density at radius 2 is 1.34 bits per heavy atom. The highest BCUT2D eigenvalue weighted by Crippen LogP contribution is 2.50. The Hall–Kier alpha value is -2.44. The Morgan fingerprint density at radius 3 is 1.98 bits per heavy atom. The maximum Gasteiger partial charge on any atom is 0.236 e. The van der Waals surface area contributed by atoms with Crippen LogP contribution in [0.5, 0.6) is 17.2 Å². The lowest BCUT2D eigenvalue weighted by Gasteiger charge is -2.34. The van der Waals surface area contributed by atoms with Crippen LogP contribution in [0.1, 0.15) is 133 Å². The first kappa shape index (κ1) is 31.5. The van der Waals surface area contributed by atoms with Gasteiger partial charge >= 0.3 is 0 Å². The van der Waals surface area contributed by atoms with Gasteiger partial charge in [0.2, 0.25) is 18.5 Å². The van der Waals surface area contributed by atoms with Crippen LogP contribution < -0.4 is 14.2 Å². The molecular weight excluding hydrogens is 532 g/mol. The summed E-state index contributed by atoms with van der Waals surface area (Å²) in [6.07, 6.45) is 6.94. The van der Waals surface area contributed by atoms with E-state index in [-0.39, 0.29) is 29.4 Å². The van der Waals surface area contributed by atoms with Gasteiger partial charge in [-0.15, -0.1) is 0 Å². The largest absolute Gasteiger partial charge is 0.490 e. The molecule has 2 saturated carbocycles. The fourth-order valence-corrected chi connectivity index (χ4v) is 6.74. The minimum absolute atomic E-state index is 0.0155. The smallest absolute Gasteiger partial charge is 0.236 e. The number of hydrogen-bond donors (Lipinski definition) is 0. The van der Waals surface area contributed by atoms with E-state index < -0.39 is 24.3 Å². The van der Waals surface area contributed by atoms with Crippen LogP contribution in [-0.2, 0) is 0 Å². The monoisotopic (exact) mass is 578 g/mol. The topological polar surface area (TPSA) is 27.7 Å². The average Bonchev–Trinajstić information content (AvgIpc) is 2.96. The number of rotatable bonds is 12. The minimum atomic E-state index is -1.58. The molecule has 0 heterocycles. The second kappa shape index (κ2) is 14.6. The van der Waals surface area contributed by atoms with Crippen LogP contribution in [0.2, 0.25) is 0 Å². The van der Waals surface area contributed by atoms with Gasteiger partial charge in [0.05, 0.1) is 6.61 Å². The third-order valence-electron chi connectivity index (χ3n) is 9.02. The SMILES string of the molecule is CCCCOc1ccc(C2CCC(C(C)c3ccc(C4CCCCC4)c(OC(C)F)c3OC(C)F)CC2)c(F)c1F. The summed E-state index contributed by atoms with van der Waals surface area (Å²) in [5, 5.41) is 0. The molecule has 0 bridgehead atoms. The molecule has 3 atom stereocenters. The second-order valence-electron chi connectivity index (χ2n) is 11.9. The molecule has 2 aromatic carbocycles. The van der Waals surface area contributed by atoms with Crippen molar-refractivity contribution in [3.8, 4) is 17.2 Å². The van der Waals surface area contributed by atoms with Crippen molar-refractivity contribution in [2.45, 2.75) is 129 Å². The molecule has 7 heteroatoms. The van der Waals surface area contributed by atoms with Crippen molar-refractivity contribution in [3.63, 3.8) is 0 Å². The third kappa shape index (κ3) is 7.70. The van der Waals surface area contributed by atoms with Crippen LogP contribution in [0.15, 0.2) is 24.3 Å². The highest BCUT2D eigenvalue weighted by molar-refractivity contribution is 5.55. The molecule has 0 radical (unpaired) electrons. The van der Waals surface area contributed by atoms with Crippen LogP contribution in [0.4, 0.5) is 17.6 Å². The van der Waals surface area contributed by atoms with E-state index in [9.17, 15) is 13.2 Å². The second-order valence-corrected chi connectivity index (χ2v) is 11.9. The first-order valence-corrected chi connectivity index (χ1v) is 15.6. The van der Waals surface area contributed by atoms with E-state index in [4.69, 9.17) is 14.2 Å². The third-order valence-corrected chi connectivity index (χ3v) is 9.02. The Balaban J connectivity index is 1.53. The van der Waals surface area contributed by atoms with Gasteiger partial charge in [-0.05, 0) is 80.2 Å². The summed E-state index contributed by atoms with van der Waals surface area (Å²) in [4.78, 5) is 0. The fourth-order valence-electron chi connectivity index (χ4n) is 6.74. The van der Waals surface area contributed by atoms with Crippen LogP contribution in [0.25, 0.3) is 0 Å². The van der Waals surface area contributed by atoms with Crippen molar-refractivity contribution >= 4 is 0 Å². The van der Waals surface area contributed by atoms with Gasteiger partial charge in [-0.2, -0.15) is 4.39 Å². The number of halogens is 4. The van der Waals surface area contributed by atoms with Gasteiger partial charge in [0, 0.05) is 25.0 Å². The Labute approximate surface area is 243 Å². The standard InChI is InChI=1S/C34H46F4O3/c1-5-6-20-39-30-19-18-28(31(37)32(30)38)26-14-12-24(13-15-26)21(2)27-16-17-29(25-10-8-7-9-11-25)34(41-23(4)36)33(27)40-22(3)35/h16-19,21-26H,5-15,20H2,1-4H3. The zero-order valence-electron chi connectivity index (χ0n) is 25.0. The minimum Gasteiger partial charge on any atom is -0.490 e. The van der Waals surface area contributed by atoms with E-state index in [1.54, 1.807) is 12.1 Å². The van der Waals surface area contributed by atoms with Crippen LogP contribution in [0, 0.1) is 17.6 Å². The van der Waals surface area contributed by atoms with Crippen LogP contribution in [-0.4, -0.2) is 19.3 Å². The van der Waals surface area contributed by atoms with Gasteiger partial charge in [0.1, 0.15) is 0 Å². The molecule has 0 aliphatic heterocycles. The van der Waals surface area contributed by atoms with Gasteiger partial charge in [0.25, 0.3) is 0 Å². The van der Waals surface area contributed by atoms with E-state index in [1.165, 1.54) is 20.3 Å². The first-order chi connectivity index (χ1) is 19.7. The predicted octanol–water partition coefficient (Wildman–Crippen LogP) is 10.7. The molecule has 228 valence electrons. The molecule has 0 saturated heterocycles. The molecule has 41 heavy (non-hydrogen) atoms. The molecule has 0 N–H and O–H groups in total. The number of benzene rings is 2. The Morgan fingerprint density at radius 1 is 0.732 bits per heavy atom. The van der Waals surface area contributed by atoms with Gasteiger partial charge in [-0.3, -0.25) is 0 Å². The summed E-state index contributed by atoms with van der Waals surface area (Å²) < 4.78 is 75.2. The first-order valence-electron chi connectivity index (χ1n) is 15.6. The molecule has 2 fully saturated rings. The normalized spacial score (nSPS) is 22.1. The lowest BCUT2D eigenvalue weighted by Crippen LogP contribution is -2.21. The van der Waals surface area contributed by atoms with E-state index in [0.29, 0.717) is 36.5 Å². The predicted molar refractivity (Wildman–Crippen MR) is 155 cm³/mol. The molecule has 3 unspecified atom stereocenters. The molecule has 0 aromatic heterocycles. The van der Waals surface area contributed by atoms with Gasteiger partial charge in [-0.25, -0.2) is 13.2 Å². The van der Waals surface area contributed by atoms with Crippen molar-refractivity contribution in [2.24, 2.45) is 5.92 Å². The maximum atomic E-state index is 15.0. The van der Waals surface area contributed by atoms with E-state index >= 15 is 4.39 Å². The average molecular weight is 579 g/mol. The molecule has 2 aliphatic rings.